The highest BCUT2D eigenvalue weighted by atomic mass is 19.2. The summed E-state index contributed by atoms with van der Waals surface area (Å²) in [5.41, 5.74) is 2.88. The molecule has 3 rings (SSSR count). The van der Waals surface area contributed by atoms with Crippen LogP contribution in [0.1, 0.15) is 23.5 Å². The van der Waals surface area contributed by atoms with E-state index < -0.39 is 34.7 Å². The van der Waals surface area contributed by atoms with Crippen molar-refractivity contribution in [3.05, 3.63) is 71.3 Å². The number of hydrogen-bond donors (Lipinski definition) is 3. The smallest absolute Gasteiger partial charge is 0.342 e. The van der Waals surface area contributed by atoms with E-state index in [0.717, 1.165) is 12.1 Å². The van der Waals surface area contributed by atoms with E-state index in [9.17, 15) is 23.8 Å². The van der Waals surface area contributed by atoms with Crippen molar-refractivity contribution in [3.63, 3.8) is 0 Å². The number of aliphatic hydroxyl groups is 1. The third kappa shape index (κ3) is 2.22. The standard InChI is InChI=1S/C17H15F2NO3/c18-13-7-6-10(8-14(13)19)12-9-16(12,20)17(23,15(21)22)11-4-2-1-3-5-11/h1-8,12,23H,9,20H2,(H,21,22)/t12-,16-,17?/m1/s1. The number of benzene rings is 2. The van der Waals surface area contributed by atoms with Crippen LogP contribution in [0.5, 0.6) is 0 Å². The summed E-state index contributed by atoms with van der Waals surface area (Å²) in [4.78, 5) is 11.7. The monoisotopic (exact) mass is 319 g/mol. The van der Waals surface area contributed by atoms with Gasteiger partial charge in [-0.15, -0.1) is 0 Å². The van der Waals surface area contributed by atoms with E-state index in [4.69, 9.17) is 5.73 Å². The van der Waals surface area contributed by atoms with Crippen LogP contribution in [0.2, 0.25) is 0 Å². The SMILES string of the molecule is N[C@]1(C(O)(C(=O)O)c2ccccc2)C[C@@H]1c1ccc(F)c(F)c1. The first-order valence-electron chi connectivity index (χ1n) is 7.06. The van der Waals surface area contributed by atoms with E-state index in [-0.39, 0.29) is 12.0 Å². The summed E-state index contributed by atoms with van der Waals surface area (Å²) in [7, 11) is 0. The average molecular weight is 319 g/mol. The van der Waals surface area contributed by atoms with Crippen molar-refractivity contribution in [1.82, 2.24) is 0 Å². The Morgan fingerprint density at radius 1 is 1.17 bits per heavy atom. The fourth-order valence-electron chi connectivity index (χ4n) is 3.09. The van der Waals surface area contributed by atoms with Crippen molar-refractivity contribution in [1.29, 1.82) is 0 Å². The van der Waals surface area contributed by atoms with Crippen LogP contribution in [-0.2, 0) is 10.4 Å². The van der Waals surface area contributed by atoms with Crippen LogP contribution < -0.4 is 5.73 Å². The largest absolute Gasteiger partial charge is 0.479 e. The van der Waals surface area contributed by atoms with Gasteiger partial charge in [-0.2, -0.15) is 0 Å². The summed E-state index contributed by atoms with van der Waals surface area (Å²) in [6.07, 6.45) is 0.149. The second kappa shape index (κ2) is 5.11. The molecule has 23 heavy (non-hydrogen) atoms. The van der Waals surface area contributed by atoms with Gasteiger partial charge in [0.2, 0.25) is 5.60 Å². The molecular formula is C17H15F2NO3. The fraction of sp³-hybridized carbons (Fsp3) is 0.235. The molecule has 2 aromatic rings. The van der Waals surface area contributed by atoms with Gasteiger partial charge in [-0.1, -0.05) is 36.4 Å². The zero-order valence-electron chi connectivity index (χ0n) is 12.0. The molecule has 120 valence electrons. The van der Waals surface area contributed by atoms with Crippen LogP contribution in [0.4, 0.5) is 8.78 Å². The molecule has 1 unspecified atom stereocenters. The molecule has 1 fully saturated rings. The van der Waals surface area contributed by atoms with Gasteiger partial charge in [0.15, 0.2) is 11.6 Å². The summed E-state index contributed by atoms with van der Waals surface area (Å²) in [6.45, 7) is 0. The normalized spacial score (nSPS) is 25.7. The molecule has 0 heterocycles. The third-order valence-corrected chi connectivity index (χ3v) is 4.52. The molecule has 0 aromatic heterocycles. The van der Waals surface area contributed by atoms with Gasteiger partial charge in [-0.25, -0.2) is 13.6 Å². The lowest BCUT2D eigenvalue weighted by Crippen LogP contribution is -2.54. The van der Waals surface area contributed by atoms with Crippen molar-refractivity contribution in [3.8, 4) is 0 Å². The number of aliphatic carboxylic acids is 1. The van der Waals surface area contributed by atoms with E-state index in [1.54, 1.807) is 18.2 Å². The average Bonchev–Trinajstić information content (AvgIpc) is 3.23. The molecular weight excluding hydrogens is 304 g/mol. The highest BCUT2D eigenvalue weighted by Crippen LogP contribution is 2.58. The molecule has 4 nitrogen and oxygen atoms in total. The third-order valence-electron chi connectivity index (χ3n) is 4.52. The summed E-state index contributed by atoms with van der Waals surface area (Å²) < 4.78 is 26.5. The zero-order valence-corrected chi connectivity index (χ0v) is 12.0. The van der Waals surface area contributed by atoms with Gasteiger partial charge in [0.1, 0.15) is 0 Å². The van der Waals surface area contributed by atoms with Crippen molar-refractivity contribution in [2.24, 2.45) is 5.73 Å². The molecule has 2 aromatic carbocycles. The Kier molecular flexibility index (Phi) is 3.46. The van der Waals surface area contributed by atoms with Crippen LogP contribution in [0.15, 0.2) is 48.5 Å². The summed E-state index contributed by atoms with van der Waals surface area (Å²) >= 11 is 0. The lowest BCUT2D eigenvalue weighted by molar-refractivity contribution is -0.164. The van der Waals surface area contributed by atoms with Crippen LogP contribution in [0, 0.1) is 11.6 Å². The molecule has 0 spiro atoms. The van der Waals surface area contributed by atoms with E-state index in [1.165, 1.54) is 18.2 Å². The number of hydrogen-bond acceptors (Lipinski definition) is 3. The van der Waals surface area contributed by atoms with E-state index in [0.29, 0.717) is 5.56 Å². The number of rotatable bonds is 4. The number of carboxylic acid groups (broad SMARTS) is 1. The van der Waals surface area contributed by atoms with E-state index in [2.05, 4.69) is 0 Å². The quantitative estimate of drug-likeness (QED) is 0.806. The highest BCUT2D eigenvalue weighted by Gasteiger charge is 2.68. The molecule has 0 radical (unpaired) electrons. The molecule has 3 atom stereocenters. The van der Waals surface area contributed by atoms with Crippen molar-refractivity contribution in [2.45, 2.75) is 23.5 Å². The fourth-order valence-corrected chi connectivity index (χ4v) is 3.09. The Bertz CT molecular complexity index is 768. The number of halogens is 2. The zero-order chi connectivity index (χ0) is 16.8. The molecule has 6 heteroatoms. The first-order chi connectivity index (χ1) is 10.8. The molecule has 0 amide bonds. The summed E-state index contributed by atoms with van der Waals surface area (Å²) in [5, 5.41) is 20.4. The van der Waals surface area contributed by atoms with Gasteiger partial charge < -0.3 is 15.9 Å². The predicted molar refractivity (Wildman–Crippen MR) is 78.6 cm³/mol. The van der Waals surface area contributed by atoms with Crippen LogP contribution in [0.25, 0.3) is 0 Å². The Morgan fingerprint density at radius 2 is 1.83 bits per heavy atom. The maximum atomic E-state index is 13.4. The predicted octanol–water partition coefficient (Wildman–Crippen LogP) is 2.12. The maximum Gasteiger partial charge on any atom is 0.342 e. The van der Waals surface area contributed by atoms with Gasteiger partial charge in [0.05, 0.1) is 5.54 Å². The molecule has 0 aliphatic heterocycles. The van der Waals surface area contributed by atoms with Crippen molar-refractivity contribution >= 4 is 5.97 Å². The highest BCUT2D eigenvalue weighted by molar-refractivity contribution is 5.83. The summed E-state index contributed by atoms with van der Waals surface area (Å²) in [5.74, 6) is -4.08. The minimum absolute atomic E-state index is 0.149. The minimum Gasteiger partial charge on any atom is -0.479 e. The van der Waals surface area contributed by atoms with Crippen molar-refractivity contribution < 1.29 is 23.8 Å². The Balaban J connectivity index is 2.02. The molecule has 1 saturated carbocycles. The number of nitrogens with two attached hydrogens (primary N) is 1. The van der Waals surface area contributed by atoms with Gasteiger partial charge >= 0.3 is 5.97 Å². The molecule has 0 saturated heterocycles. The second-order valence-electron chi connectivity index (χ2n) is 5.85. The molecule has 1 aliphatic carbocycles. The van der Waals surface area contributed by atoms with Crippen LogP contribution >= 0.6 is 0 Å². The Morgan fingerprint density at radius 3 is 2.39 bits per heavy atom. The Hall–Kier alpha value is -2.31. The topological polar surface area (TPSA) is 83.5 Å². The van der Waals surface area contributed by atoms with Crippen molar-refractivity contribution in [2.75, 3.05) is 0 Å². The minimum atomic E-state index is -2.32. The first-order valence-corrected chi connectivity index (χ1v) is 7.06. The molecule has 1 aliphatic rings. The number of carbonyl (C=O) groups is 1. The number of carboxylic acids is 1. The van der Waals surface area contributed by atoms with Gasteiger partial charge in [0, 0.05) is 5.92 Å². The van der Waals surface area contributed by atoms with Gasteiger partial charge in [-0.05, 0) is 29.7 Å². The lowest BCUT2D eigenvalue weighted by Gasteiger charge is -2.31. The van der Waals surface area contributed by atoms with E-state index >= 15 is 0 Å². The summed E-state index contributed by atoms with van der Waals surface area (Å²) in [6, 6.07) is 11.1. The molecule has 4 N–H and O–H groups in total. The molecule has 0 bridgehead atoms. The van der Waals surface area contributed by atoms with Crippen LogP contribution in [-0.4, -0.2) is 21.7 Å². The maximum absolute atomic E-state index is 13.4. The second-order valence-corrected chi connectivity index (χ2v) is 5.85. The first kappa shape index (κ1) is 15.6. The Labute approximate surface area is 131 Å². The lowest BCUT2D eigenvalue weighted by atomic mass is 9.82. The van der Waals surface area contributed by atoms with E-state index in [1.807, 2.05) is 0 Å². The van der Waals surface area contributed by atoms with Gasteiger partial charge in [-0.3, -0.25) is 0 Å². The van der Waals surface area contributed by atoms with Crippen LogP contribution in [0.3, 0.4) is 0 Å². The van der Waals surface area contributed by atoms with Gasteiger partial charge in [0.25, 0.3) is 0 Å².